The normalized spacial score (nSPS) is 14.3. The summed E-state index contributed by atoms with van der Waals surface area (Å²) >= 11 is 0. The first-order valence-corrected chi connectivity index (χ1v) is 7.76. The molecule has 0 radical (unpaired) electrons. The van der Waals surface area contributed by atoms with Crippen LogP contribution in [0.15, 0.2) is 37.2 Å². The Labute approximate surface area is 154 Å². The van der Waals surface area contributed by atoms with Gasteiger partial charge in [0.1, 0.15) is 0 Å². The lowest BCUT2D eigenvalue weighted by Gasteiger charge is -2.22. The summed E-state index contributed by atoms with van der Waals surface area (Å²) in [5, 5.41) is 6.32. The van der Waals surface area contributed by atoms with Gasteiger partial charge in [0, 0.05) is 25.0 Å². The van der Waals surface area contributed by atoms with Crippen LogP contribution in [0.1, 0.15) is 25.7 Å². The molecular formula is C16H23Cl2N5O. The quantitative estimate of drug-likeness (QED) is 0.847. The molecule has 1 aliphatic heterocycles. The highest BCUT2D eigenvalue weighted by Gasteiger charge is 2.15. The summed E-state index contributed by atoms with van der Waals surface area (Å²) in [4.78, 5) is 20.3. The van der Waals surface area contributed by atoms with Crippen molar-refractivity contribution in [3.63, 3.8) is 0 Å². The molecule has 24 heavy (non-hydrogen) atoms. The van der Waals surface area contributed by atoms with E-state index in [-0.39, 0.29) is 30.7 Å². The Bertz CT molecular complexity index is 615. The predicted molar refractivity (Wildman–Crippen MR) is 99.3 cm³/mol. The molecule has 1 fully saturated rings. The van der Waals surface area contributed by atoms with E-state index in [4.69, 9.17) is 0 Å². The number of carbonyl (C=O) groups is 1. The molecule has 1 amide bonds. The van der Waals surface area contributed by atoms with Crippen molar-refractivity contribution in [2.24, 2.45) is 5.92 Å². The third-order valence-electron chi connectivity index (χ3n) is 4.09. The number of rotatable bonds is 5. The zero-order valence-corrected chi connectivity index (χ0v) is 15.0. The number of piperidine rings is 1. The number of pyridine rings is 1. The highest BCUT2D eigenvalue weighted by atomic mass is 35.5. The fourth-order valence-electron chi connectivity index (χ4n) is 2.83. The zero-order chi connectivity index (χ0) is 15.2. The molecule has 2 aromatic heterocycles. The van der Waals surface area contributed by atoms with Crippen molar-refractivity contribution in [2.75, 3.05) is 18.4 Å². The topological polar surface area (TPSA) is 71.8 Å². The number of imidazole rings is 1. The predicted octanol–water partition coefficient (Wildman–Crippen LogP) is 2.83. The van der Waals surface area contributed by atoms with Gasteiger partial charge in [0.05, 0.1) is 23.9 Å². The third-order valence-corrected chi connectivity index (χ3v) is 4.09. The van der Waals surface area contributed by atoms with Crippen molar-refractivity contribution >= 4 is 36.4 Å². The lowest BCUT2D eigenvalue weighted by atomic mass is 9.93. The van der Waals surface area contributed by atoms with Gasteiger partial charge in [0.15, 0.2) is 0 Å². The first-order valence-electron chi connectivity index (χ1n) is 7.76. The largest absolute Gasteiger partial charge is 0.323 e. The van der Waals surface area contributed by atoms with E-state index in [1.165, 1.54) is 12.8 Å². The Morgan fingerprint density at radius 2 is 2.04 bits per heavy atom. The molecule has 6 nitrogen and oxygen atoms in total. The maximum absolute atomic E-state index is 12.2. The van der Waals surface area contributed by atoms with E-state index in [2.05, 4.69) is 20.6 Å². The van der Waals surface area contributed by atoms with E-state index in [1.807, 2.05) is 16.8 Å². The van der Waals surface area contributed by atoms with Crippen molar-refractivity contribution in [3.05, 3.63) is 37.2 Å². The minimum atomic E-state index is 0. The Morgan fingerprint density at radius 1 is 1.25 bits per heavy atom. The molecule has 2 N–H and O–H groups in total. The van der Waals surface area contributed by atoms with E-state index in [9.17, 15) is 4.79 Å². The zero-order valence-electron chi connectivity index (χ0n) is 13.4. The molecule has 1 aliphatic rings. The van der Waals surface area contributed by atoms with Gasteiger partial charge < -0.3 is 15.2 Å². The number of nitrogens with one attached hydrogen (secondary N) is 2. The fraction of sp³-hybridized carbons (Fsp3) is 0.438. The number of halogens is 2. The molecule has 1 saturated heterocycles. The van der Waals surface area contributed by atoms with Crippen LogP contribution in [-0.2, 0) is 4.79 Å². The summed E-state index contributed by atoms with van der Waals surface area (Å²) < 4.78 is 1.87. The van der Waals surface area contributed by atoms with E-state index in [1.54, 1.807) is 24.9 Å². The van der Waals surface area contributed by atoms with Gasteiger partial charge in [-0.15, -0.1) is 24.8 Å². The molecule has 0 aliphatic carbocycles. The van der Waals surface area contributed by atoms with E-state index < -0.39 is 0 Å². The third kappa shape index (κ3) is 5.47. The first-order chi connectivity index (χ1) is 10.8. The summed E-state index contributed by atoms with van der Waals surface area (Å²) in [6, 6.07) is 1.87. The maximum atomic E-state index is 12.2. The summed E-state index contributed by atoms with van der Waals surface area (Å²) in [5.41, 5.74) is 1.60. The van der Waals surface area contributed by atoms with Gasteiger partial charge in [-0.1, -0.05) is 0 Å². The standard InChI is InChI=1S/C16H21N5O.2ClH/c22-16(2-1-13-3-6-17-7-4-13)20-14-11-18-8-5-15(14)21-10-9-19-12-21;;/h5,8-13,17H,1-4,6-7H2,(H,20,22);2*1H. The van der Waals surface area contributed by atoms with E-state index in [0.29, 0.717) is 12.3 Å². The van der Waals surface area contributed by atoms with Crippen molar-refractivity contribution in [2.45, 2.75) is 25.7 Å². The molecule has 0 saturated carbocycles. The lowest BCUT2D eigenvalue weighted by Crippen LogP contribution is -2.28. The van der Waals surface area contributed by atoms with Crippen LogP contribution in [0.4, 0.5) is 5.69 Å². The van der Waals surface area contributed by atoms with Crippen molar-refractivity contribution in [1.29, 1.82) is 0 Å². The van der Waals surface area contributed by atoms with Gasteiger partial charge in [-0.25, -0.2) is 4.98 Å². The van der Waals surface area contributed by atoms with Crippen molar-refractivity contribution < 1.29 is 4.79 Å². The molecule has 0 atom stereocenters. The van der Waals surface area contributed by atoms with Crippen LogP contribution in [0.3, 0.4) is 0 Å². The second-order valence-corrected chi connectivity index (χ2v) is 5.64. The number of carbonyl (C=O) groups excluding carboxylic acids is 1. The molecule has 132 valence electrons. The summed E-state index contributed by atoms with van der Waals surface area (Å²) in [6.45, 7) is 2.14. The highest BCUT2D eigenvalue weighted by molar-refractivity contribution is 5.92. The van der Waals surface area contributed by atoms with Crippen LogP contribution in [0.5, 0.6) is 0 Å². The Morgan fingerprint density at radius 3 is 2.75 bits per heavy atom. The van der Waals surface area contributed by atoms with Crippen LogP contribution < -0.4 is 10.6 Å². The number of amides is 1. The van der Waals surface area contributed by atoms with Crippen LogP contribution in [0.2, 0.25) is 0 Å². The van der Waals surface area contributed by atoms with Crippen molar-refractivity contribution in [3.8, 4) is 5.69 Å². The van der Waals surface area contributed by atoms with Gasteiger partial charge in [-0.3, -0.25) is 9.78 Å². The van der Waals surface area contributed by atoms with Gasteiger partial charge in [0.2, 0.25) is 5.91 Å². The fourth-order valence-corrected chi connectivity index (χ4v) is 2.83. The van der Waals surface area contributed by atoms with Gasteiger partial charge >= 0.3 is 0 Å². The Balaban J connectivity index is 0.00000144. The number of hydrogen-bond acceptors (Lipinski definition) is 4. The van der Waals surface area contributed by atoms with Gasteiger partial charge in [-0.05, 0) is 44.3 Å². The van der Waals surface area contributed by atoms with Crippen LogP contribution in [-0.4, -0.2) is 33.5 Å². The molecule has 0 aromatic carbocycles. The summed E-state index contributed by atoms with van der Waals surface area (Å²) in [5.74, 6) is 0.710. The van der Waals surface area contributed by atoms with E-state index in [0.717, 1.165) is 30.9 Å². The lowest BCUT2D eigenvalue weighted by molar-refractivity contribution is -0.116. The molecule has 3 rings (SSSR count). The van der Waals surface area contributed by atoms with Gasteiger partial charge in [0.25, 0.3) is 0 Å². The molecule has 0 unspecified atom stereocenters. The number of anilines is 1. The Kier molecular flexibility index (Phi) is 8.74. The minimum Gasteiger partial charge on any atom is -0.323 e. The maximum Gasteiger partial charge on any atom is 0.224 e. The SMILES string of the molecule is Cl.Cl.O=C(CCC1CCNCC1)Nc1cnccc1-n1ccnc1. The average Bonchev–Trinajstić information content (AvgIpc) is 3.09. The smallest absolute Gasteiger partial charge is 0.224 e. The molecule has 0 spiro atoms. The second-order valence-electron chi connectivity index (χ2n) is 5.64. The highest BCUT2D eigenvalue weighted by Crippen LogP contribution is 2.21. The van der Waals surface area contributed by atoms with Crippen LogP contribution in [0.25, 0.3) is 5.69 Å². The second kappa shape index (κ2) is 10.3. The average molecular weight is 372 g/mol. The summed E-state index contributed by atoms with van der Waals surface area (Å²) in [6.07, 6.45) is 12.5. The Hall–Kier alpha value is -1.63. The minimum absolute atomic E-state index is 0. The van der Waals surface area contributed by atoms with E-state index >= 15 is 0 Å². The number of nitrogens with zero attached hydrogens (tertiary/aromatic N) is 3. The van der Waals surface area contributed by atoms with Crippen LogP contribution in [0, 0.1) is 5.92 Å². The molecule has 0 bridgehead atoms. The number of hydrogen-bond donors (Lipinski definition) is 2. The first kappa shape index (κ1) is 20.4. The molecular weight excluding hydrogens is 349 g/mol. The number of aromatic nitrogens is 3. The molecule has 3 heterocycles. The van der Waals surface area contributed by atoms with Crippen LogP contribution >= 0.6 is 24.8 Å². The van der Waals surface area contributed by atoms with Crippen molar-refractivity contribution in [1.82, 2.24) is 19.9 Å². The summed E-state index contributed by atoms with van der Waals surface area (Å²) in [7, 11) is 0. The molecule has 8 heteroatoms. The molecule has 2 aromatic rings. The monoisotopic (exact) mass is 371 g/mol. The van der Waals surface area contributed by atoms with Gasteiger partial charge in [-0.2, -0.15) is 0 Å².